The van der Waals surface area contributed by atoms with E-state index in [-0.39, 0.29) is 6.10 Å². The Morgan fingerprint density at radius 1 is 1.35 bits per heavy atom. The van der Waals surface area contributed by atoms with Crippen molar-refractivity contribution in [1.29, 1.82) is 0 Å². The zero-order valence-electron chi connectivity index (χ0n) is 11.1. The third-order valence-electron chi connectivity index (χ3n) is 2.24. The molecule has 0 radical (unpaired) electrons. The van der Waals surface area contributed by atoms with E-state index >= 15 is 0 Å². The molecule has 1 atom stereocenters. The Hall–Kier alpha value is -1.13. The SMILES string of the molecule is COCC(C)Oc1cc(CNC(C)C)ccn1. The maximum atomic E-state index is 5.64. The first-order valence-electron chi connectivity index (χ1n) is 5.95. The van der Waals surface area contributed by atoms with E-state index in [0.717, 1.165) is 6.54 Å². The minimum absolute atomic E-state index is 0.0146. The van der Waals surface area contributed by atoms with Crippen molar-refractivity contribution in [2.75, 3.05) is 13.7 Å². The Morgan fingerprint density at radius 2 is 2.12 bits per heavy atom. The fourth-order valence-corrected chi connectivity index (χ4v) is 1.42. The smallest absolute Gasteiger partial charge is 0.213 e. The number of hydrogen-bond donors (Lipinski definition) is 1. The highest BCUT2D eigenvalue weighted by molar-refractivity contribution is 5.20. The lowest BCUT2D eigenvalue weighted by molar-refractivity contribution is 0.0889. The van der Waals surface area contributed by atoms with Crippen LogP contribution < -0.4 is 10.1 Å². The average Bonchev–Trinajstić information content (AvgIpc) is 2.27. The monoisotopic (exact) mass is 238 g/mol. The number of hydrogen-bond acceptors (Lipinski definition) is 4. The fourth-order valence-electron chi connectivity index (χ4n) is 1.42. The van der Waals surface area contributed by atoms with Crippen LogP contribution in [0.25, 0.3) is 0 Å². The van der Waals surface area contributed by atoms with E-state index in [9.17, 15) is 0 Å². The average molecular weight is 238 g/mol. The van der Waals surface area contributed by atoms with Crippen LogP contribution in [0.15, 0.2) is 18.3 Å². The number of methoxy groups -OCH3 is 1. The normalized spacial score (nSPS) is 12.8. The Balaban J connectivity index is 2.53. The van der Waals surface area contributed by atoms with Gasteiger partial charge >= 0.3 is 0 Å². The van der Waals surface area contributed by atoms with Gasteiger partial charge in [0.1, 0.15) is 6.10 Å². The van der Waals surface area contributed by atoms with E-state index in [4.69, 9.17) is 9.47 Å². The summed E-state index contributed by atoms with van der Waals surface area (Å²) in [5.74, 6) is 0.651. The van der Waals surface area contributed by atoms with Gasteiger partial charge in [0.05, 0.1) is 6.61 Å². The number of aromatic nitrogens is 1. The lowest BCUT2D eigenvalue weighted by Crippen LogP contribution is -2.22. The van der Waals surface area contributed by atoms with Crippen LogP contribution in [0, 0.1) is 0 Å². The van der Waals surface area contributed by atoms with Gasteiger partial charge in [-0.05, 0) is 18.6 Å². The molecule has 0 fully saturated rings. The van der Waals surface area contributed by atoms with Gasteiger partial charge in [-0.3, -0.25) is 0 Å². The molecular formula is C13H22N2O2. The van der Waals surface area contributed by atoms with Crippen LogP contribution in [0.5, 0.6) is 5.88 Å². The molecule has 1 heterocycles. The predicted molar refractivity (Wildman–Crippen MR) is 68.2 cm³/mol. The minimum Gasteiger partial charge on any atom is -0.472 e. The summed E-state index contributed by atoms with van der Waals surface area (Å²) in [6.45, 7) is 7.61. The number of ether oxygens (including phenoxy) is 2. The van der Waals surface area contributed by atoms with E-state index in [2.05, 4.69) is 24.1 Å². The molecule has 0 saturated heterocycles. The number of pyridine rings is 1. The molecular weight excluding hydrogens is 216 g/mol. The highest BCUT2D eigenvalue weighted by atomic mass is 16.5. The summed E-state index contributed by atoms with van der Waals surface area (Å²) in [4.78, 5) is 4.18. The van der Waals surface area contributed by atoms with Crippen LogP contribution in [0.3, 0.4) is 0 Å². The molecule has 0 aliphatic heterocycles. The van der Waals surface area contributed by atoms with Crippen LogP contribution in [0.1, 0.15) is 26.3 Å². The largest absolute Gasteiger partial charge is 0.472 e. The van der Waals surface area contributed by atoms with E-state index in [0.29, 0.717) is 18.5 Å². The molecule has 1 aromatic heterocycles. The molecule has 0 aliphatic rings. The molecule has 96 valence electrons. The molecule has 1 N–H and O–H groups in total. The van der Waals surface area contributed by atoms with Crippen molar-refractivity contribution in [1.82, 2.24) is 10.3 Å². The minimum atomic E-state index is 0.0146. The molecule has 4 heteroatoms. The molecule has 17 heavy (non-hydrogen) atoms. The summed E-state index contributed by atoms with van der Waals surface area (Å²) in [5.41, 5.74) is 1.17. The van der Waals surface area contributed by atoms with Gasteiger partial charge < -0.3 is 14.8 Å². The van der Waals surface area contributed by atoms with Crippen molar-refractivity contribution in [2.24, 2.45) is 0 Å². The van der Waals surface area contributed by atoms with E-state index in [1.54, 1.807) is 13.3 Å². The molecule has 0 amide bonds. The zero-order valence-corrected chi connectivity index (χ0v) is 11.1. The second-order valence-electron chi connectivity index (χ2n) is 4.42. The number of rotatable bonds is 7. The Labute approximate surface area is 103 Å². The maximum absolute atomic E-state index is 5.64. The molecule has 4 nitrogen and oxygen atoms in total. The van der Waals surface area contributed by atoms with Gasteiger partial charge in [-0.15, -0.1) is 0 Å². The van der Waals surface area contributed by atoms with Crippen molar-refractivity contribution < 1.29 is 9.47 Å². The topological polar surface area (TPSA) is 43.4 Å². The molecule has 0 aliphatic carbocycles. The Bertz CT molecular complexity index is 329. The standard InChI is InChI=1S/C13H22N2O2/c1-10(2)15-8-12-5-6-14-13(7-12)17-11(3)9-16-4/h5-7,10-11,15H,8-9H2,1-4H3. The van der Waals surface area contributed by atoms with Crippen molar-refractivity contribution in [3.8, 4) is 5.88 Å². The van der Waals surface area contributed by atoms with Crippen molar-refractivity contribution >= 4 is 0 Å². The zero-order chi connectivity index (χ0) is 12.7. The van der Waals surface area contributed by atoms with Gasteiger partial charge in [0.25, 0.3) is 0 Å². The summed E-state index contributed by atoms with van der Waals surface area (Å²) < 4.78 is 10.7. The summed E-state index contributed by atoms with van der Waals surface area (Å²) >= 11 is 0. The van der Waals surface area contributed by atoms with Crippen LogP contribution in [-0.4, -0.2) is 30.8 Å². The van der Waals surface area contributed by atoms with Gasteiger partial charge in [-0.25, -0.2) is 4.98 Å². The van der Waals surface area contributed by atoms with Gasteiger partial charge in [0.15, 0.2) is 0 Å². The molecule has 0 bridgehead atoms. The first-order chi connectivity index (χ1) is 8.11. The van der Waals surface area contributed by atoms with Crippen molar-refractivity contribution in [2.45, 2.75) is 39.5 Å². The molecule has 0 saturated carbocycles. The highest BCUT2D eigenvalue weighted by Crippen LogP contribution is 2.11. The van der Waals surface area contributed by atoms with E-state index in [1.165, 1.54) is 5.56 Å². The van der Waals surface area contributed by atoms with Crippen LogP contribution in [0.2, 0.25) is 0 Å². The summed E-state index contributed by atoms with van der Waals surface area (Å²) in [6, 6.07) is 4.42. The van der Waals surface area contributed by atoms with Crippen molar-refractivity contribution in [3.05, 3.63) is 23.9 Å². The van der Waals surface area contributed by atoms with Gasteiger partial charge in [-0.1, -0.05) is 13.8 Å². The molecule has 1 aromatic rings. The van der Waals surface area contributed by atoms with Crippen LogP contribution in [0.4, 0.5) is 0 Å². The fraction of sp³-hybridized carbons (Fsp3) is 0.615. The maximum Gasteiger partial charge on any atom is 0.213 e. The second kappa shape index (κ2) is 7.25. The predicted octanol–water partition coefficient (Wildman–Crippen LogP) is 1.99. The Kier molecular flexibility index (Phi) is 5.94. The lowest BCUT2D eigenvalue weighted by Gasteiger charge is -2.14. The molecule has 1 rings (SSSR count). The van der Waals surface area contributed by atoms with E-state index in [1.807, 2.05) is 19.1 Å². The number of nitrogens with one attached hydrogen (secondary N) is 1. The third-order valence-corrected chi connectivity index (χ3v) is 2.24. The Morgan fingerprint density at radius 3 is 2.76 bits per heavy atom. The van der Waals surface area contributed by atoms with E-state index < -0.39 is 0 Å². The first kappa shape index (κ1) is 13.9. The van der Waals surface area contributed by atoms with Gasteiger partial charge in [0.2, 0.25) is 5.88 Å². The molecule has 0 spiro atoms. The molecule has 1 unspecified atom stereocenters. The van der Waals surface area contributed by atoms with Gasteiger partial charge in [-0.2, -0.15) is 0 Å². The van der Waals surface area contributed by atoms with Gasteiger partial charge in [0, 0.05) is 32.0 Å². The lowest BCUT2D eigenvalue weighted by atomic mass is 10.2. The summed E-state index contributed by atoms with van der Waals surface area (Å²) in [5, 5.41) is 3.36. The third kappa shape index (κ3) is 5.65. The summed E-state index contributed by atoms with van der Waals surface area (Å²) in [7, 11) is 1.66. The van der Waals surface area contributed by atoms with Crippen LogP contribution in [-0.2, 0) is 11.3 Å². The number of nitrogens with zero attached hydrogens (tertiary/aromatic N) is 1. The summed E-state index contributed by atoms with van der Waals surface area (Å²) in [6.07, 6.45) is 1.78. The highest BCUT2D eigenvalue weighted by Gasteiger charge is 2.05. The van der Waals surface area contributed by atoms with Crippen molar-refractivity contribution in [3.63, 3.8) is 0 Å². The second-order valence-corrected chi connectivity index (χ2v) is 4.42. The molecule has 0 aromatic carbocycles. The quantitative estimate of drug-likeness (QED) is 0.789. The first-order valence-corrected chi connectivity index (χ1v) is 5.95. The van der Waals surface area contributed by atoms with Crippen LogP contribution >= 0.6 is 0 Å².